The van der Waals surface area contributed by atoms with Crippen molar-refractivity contribution < 1.29 is 19.4 Å². The summed E-state index contributed by atoms with van der Waals surface area (Å²) in [4.78, 5) is 10.9. The summed E-state index contributed by atoms with van der Waals surface area (Å²) < 4.78 is 10.3. The second kappa shape index (κ2) is 9.93. The summed E-state index contributed by atoms with van der Waals surface area (Å²) in [5.74, 6) is 5.82. The molecule has 3 aromatic rings. The normalized spacial score (nSPS) is 10.4. The Balaban J connectivity index is 1.75. The van der Waals surface area contributed by atoms with Gasteiger partial charge in [0.05, 0.1) is 5.56 Å². The number of carboxylic acid groups (broad SMARTS) is 1. The Morgan fingerprint density at radius 2 is 1.72 bits per heavy atom. The van der Waals surface area contributed by atoms with Crippen LogP contribution < -0.4 is 4.74 Å². The molecule has 0 aromatic heterocycles. The van der Waals surface area contributed by atoms with Crippen molar-refractivity contribution >= 4 is 12.0 Å². The molecule has 0 aliphatic rings. The molecular weight excluding hydrogens is 364 g/mol. The number of carboxylic acids is 1. The lowest BCUT2D eigenvalue weighted by molar-refractivity contribution is 0.0511. The highest BCUT2D eigenvalue weighted by atomic mass is 16.7. The molecule has 0 bridgehead atoms. The maximum absolute atomic E-state index is 10.9. The number of ether oxygens (including phenoxy) is 2. The first-order valence-electron chi connectivity index (χ1n) is 9.00. The number of hydrogen-bond acceptors (Lipinski definition) is 3. The third-order valence-corrected chi connectivity index (χ3v) is 4.16. The van der Waals surface area contributed by atoms with E-state index in [-0.39, 0.29) is 12.4 Å². The van der Waals surface area contributed by atoms with E-state index >= 15 is 0 Å². The van der Waals surface area contributed by atoms with Crippen molar-refractivity contribution in [1.29, 1.82) is 0 Å². The Hall–Kier alpha value is -3.81. The van der Waals surface area contributed by atoms with Gasteiger partial charge in [0.1, 0.15) is 5.75 Å². The lowest BCUT2D eigenvalue weighted by Gasteiger charge is -2.08. The lowest BCUT2D eigenvalue weighted by atomic mass is 9.99. The molecular formula is C25H20O4. The molecule has 0 fully saturated rings. The molecule has 0 heterocycles. The van der Waals surface area contributed by atoms with Crippen LogP contribution in [0.1, 0.15) is 21.5 Å². The Labute approximate surface area is 170 Å². The summed E-state index contributed by atoms with van der Waals surface area (Å²) in [6.07, 6.45) is 3.75. The van der Waals surface area contributed by atoms with Crippen LogP contribution in [-0.2, 0) is 4.74 Å². The second-order valence-corrected chi connectivity index (χ2v) is 6.15. The number of hydrogen-bond donors (Lipinski definition) is 1. The van der Waals surface area contributed by atoms with Crippen molar-refractivity contribution in [2.45, 2.75) is 0 Å². The highest BCUT2D eigenvalue weighted by molar-refractivity contribution is 5.87. The SMILES string of the molecule is COCOc1ccc(-c2ccccc2/C=C/C#Cc2ccc(C(=O)O)cc2)cc1. The molecule has 0 radical (unpaired) electrons. The summed E-state index contributed by atoms with van der Waals surface area (Å²) >= 11 is 0. The molecule has 0 aliphatic heterocycles. The molecule has 3 rings (SSSR count). The zero-order valence-electron chi connectivity index (χ0n) is 16.0. The molecule has 0 unspecified atom stereocenters. The summed E-state index contributed by atoms with van der Waals surface area (Å²) in [6, 6.07) is 22.4. The molecule has 0 aliphatic carbocycles. The second-order valence-electron chi connectivity index (χ2n) is 6.15. The summed E-state index contributed by atoms with van der Waals surface area (Å²) in [7, 11) is 1.59. The zero-order chi connectivity index (χ0) is 20.5. The summed E-state index contributed by atoms with van der Waals surface area (Å²) in [5.41, 5.74) is 4.23. The van der Waals surface area contributed by atoms with Gasteiger partial charge >= 0.3 is 5.97 Å². The van der Waals surface area contributed by atoms with Gasteiger partial charge in [0, 0.05) is 12.7 Å². The first-order valence-corrected chi connectivity index (χ1v) is 9.00. The molecule has 0 atom stereocenters. The van der Waals surface area contributed by atoms with Crippen molar-refractivity contribution in [3.63, 3.8) is 0 Å². The minimum absolute atomic E-state index is 0.219. The van der Waals surface area contributed by atoms with Gasteiger partial charge < -0.3 is 14.6 Å². The Bertz CT molecular complexity index is 1050. The number of carbonyl (C=O) groups is 1. The summed E-state index contributed by atoms with van der Waals surface area (Å²) in [5, 5.41) is 8.93. The zero-order valence-corrected chi connectivity index (χ0v) is 16.0. The molecule has 0 amide bonds. The fourth-order valence-electron chi connectivity index (χ4n) is 2.72. The number of benzene rings is 3. The van der Waals surface area contributed by atoms with Crippen molar-refractivity contribution in [1.82, 2.24) is 0 Å². The van der Waals surface area contributed by atoms with Gasteiger partial charge in [0.15, 0.2) is 6.79 Å². The highest BCUT2D eigenvalue weighted by Gasteiger charge is 2.03. The van der Waals surface area contributed by atoms with E-state index in [2.05, 4.69) is 17.9 Å². The molecule has 144 valence electrons. The monoisotopic (exact) mass is 384 g/mol. The van der Waals surface area contributed by atoms with Gasteiger partial charge in [0.2, 0.25) is 0 Å². The van der Waals surface area contributed by atoms with Crippen LogP contribution in [0.3, 0.4) is 0 Å². The van der Waals surface area contributed by atoms with Gasteiger partial charge in [-0.05, 0) is 65.2 Å². The van der Waals surface area contributed by atoms with Crippen LogP contribution in [0.5, 0.6) is 5.75 Å². The molecule has 4 heteroatoms. The van der Waals surface area contributed by atoms with Gasteiger partial charge in [-0.1, -0.05) is 48.2 Å². The highest BCUT2D eigenvalue weighted by Crippen LogP contribution is 2.26. The number of allylic oxidation sites excluding steroid dienone is 1. The van der Waals surface area contributed by atoms with Crippen molar-refractivity contribution in [2.75, 3.05) is 13.9 Å². The van der Waals surface area contributed by atoms with Gasteiger partial charge in [-0.3, -0.25) is 0 Å². The third kappa shape index (κ3) is 5.58. The smallest absolute Gasteiger partial charge is 0.335 e. The molecule has 0 saturated heterocycles. The quantitative estimate of drug-likeness (QED) is 0.475. The largest absolute Gasteiger partial charge is 0.478 e. The minimum atomic E-state index is -0.945. The van der Waals surface area contributed by atoms with E-state index in [9.17, 15) is 4.79 Å². The Morgan fingerprint density at radius 3 is 2.41 bits per heavy atom. The van der Waals surface area contributed by atoms with Gasteiger partial charge in [-0.2, -0.15) is 0 Å². The molecule has 4 nitrogen and oxygen atoms in total. The van der Waals surface area contributed by atoms with E-state index in [4.69, 9.17) is 14.6 Å². The van der Waals surface area contributed by atoms with Crippen molar-refractivity contribution in [2.24, 2.45) is 0 Å². The molecule has 0 spiro atoms. The fourth-order valence-corrected chi connectivity index (χ4v) is 2.72. The minimum Gasteiger partial charge on any atom is -0.478 e. The lowest BCUT2D eigenvalue weighted by Crippen LogP contribution is -1.98. The van der Waals surface area contributed by atoms with Crippen LogP contribution in [0.25, 0.3) is 17.2 Å². The predicted molar refractivity (Wildman–Crippen MR) is 114 cm³/mol. The first-order chi connectivity index (χ1) is 14.2. The van der Waals surface area contributed by atoms with Crippen LogP contribution in [0.2, 0.25) is 0 Å². The molecule has 3 aromatic carbocycles. The van der Waals surface area contributed by atoms with Crippen LogP contribution in [0.4, 0.5) is 0 Å². The number of rotatable bonds is 6. The van der Waals surface area contributed by atoms with Gasteiger partial charge in [-0.25, -0.2) is 4.79 Å². The third-order valence-electron chi connectivity index (χ3n) is 4.16. The first kappa shape index (κ1) is 19.9. The van der Waals surface area contributed by atoms with E-state index in [0.29, 0.717) is 0 Å². The van der Waals surface area contributed by atoms with E-state index in [1.807, 2.05) is 48.5 Å². The van der Waals surface area contributed by atoms with E-state index in [1.165, 1.54) is 0 Å². The average molecular weight is 384 g/mol. The van der Waals surface area contributed by atoms with E-state index in [0.717, 1.165) is 28.0 Å². The van der Waals surface area contributed by atoms with Gasteiger partial charge in [0.25, 0.3) is 0 Å². The fraction of sp³-hybridized carbons (Fsp3) is 0.0800. The maximum Gasteiger partial charge on any atom is 0.335 e. The predicted octanol–water partition coefficient (Wildman–Crippen LogP) is 5.10. The van der Waals surface area contributed by atoms with Crippen LogP contribution >= 0.6 is 0 Å². The topological polar surface area (TPSA) is 55.8 Å². The Morgan fingerprint density at radius 1 is 1.00 bits per heavy atom. The van der Waals surface area contributed by atoms with Crippen LogP contribution in [-0.4, -0.2) is 25.0 Å². The summed E-state index contributed by atoms with van der Waals surface area (Å²) in [6.45, 7) is 0.219. The van der Waals surface area contributed by atoms with Crippen molar-refractivity contribution in [3.8, 4) is 28.7 Å². The Kier molecular flexibility index (Phi) is 6.83. The van der Waals surface area contributed by atoms with Crippen LogP contribution in [0.15, 0.2) is 78.9 Å². The van der Waals surface area contributed by atoms with E-state index < -0.39 is 5.97 Å². The van der Waals surface area contributed by atoms with E-state index in [1.54, 1.807) is 37.5 Å². The number of aromatic carboxylic acids is 1. The van der Waals surface area contributed by atoms with Crippen molar-refractivity contribution in [3.05, 3.63) is 95.6 Å². The number of methoxy groups -OCH3 is 1. The molecule has 1 N–H and O–H groups in total. The molecule has 0 saturated carbocycles. The van der Waals surface area contributed by atoms with Crippen LogP contribution in [0, 0.1) is 11.8 Å². The average Bonchev–Trinajstić information content (AvgIpc) is 2.76. The standard InChI is InChI=1S/C25H20O4/c1-28-18-29-23-16-14-21(15-17-23)24-9-5-4-8-20(24)7-3-2-6-19-10-12-22(13-11-19)25(26)27/h3-5,7-17H,18H2,1H3,(H,26,27)/b7-3+. The molecule has 29 heavy (non-hydrogen) atoms. The van der Waals surface area contributed by atoms with Gasteiger partial charge in [-0.15, -0.1) is 0 Å². The maximum atomic E-state index is 10.9.